The van der Waals surface area contributed by atoms with Crippen LogP contribution >= 0.6 is 15.9 Å². The van der Waals surface area contributed by atoms with E-state index in [1.54, 1.807) is 0 Å². The molecule has 0 aliphatic heterocycles. The molecule has 0 amide bonds. The molecule has 7 heavy (non-hydrogen) atoms. The zero-order valence-electron chi connectivity index (χ0n) is 4.28. The van der Waals surface area contributed by atoms with Crippen LogP contribution in [0, 0.1) is 5.92 Å². The maximum absolute atomic E-state index is 3.89. The molecule has 0 N–H and O–H groups in total. The fraction of sp³-hybridized carbons (Fsp3) is 0.667. The first kappa shape index (κ1) is 5.36. The van der Waals surface area contributed by atoms with Gasteiger partial charge in [-0.2, -0.15) is 0 Å². The van der Waals surface area contributed by atoms with E-state index in [1.807, 2.05) is 0 Å². The Labute approximate surface area is 52.7 Å². The minimum Gasteiger partial charge on any atom is -0.0987 e. The van der Waals surface area contributed by atoms with Gasteiger partial charge in [0, 0.05) is 5.33 Å². The van der Waals surface area contributed by atoms with E-state index in [0.29, 0.717) is 0 Å². The highest BCUT2D eigenvalue weighted by Gasteiger charge is 2.22. The molecule has 0 saturated heterocycles. The maximum atomic E-state index is 3.89. The second-order valence-corrected chi connectivity index (χ2v) is 2.63. The fourth-order valence-corrected chi connectivity index (χ4v) is 1.06. The second-order valence-electron chi connectivity index (χ2n) is 2.07. The van der Waals surface area contributed by atoms with Crippen molar-refractivity contribution in [3.8, 4) is 0 Å². The Morgan fingerprint density at radius 2 is 2.29 bits per heavy atom. The van der Waals surface area contributed by atoms with Crippen LogP contribution in [0.1, 0.15) is 12.8 Å². The highest BCUT2D eigenvalue weighted by Crippen LogP contribution is 2.35. The molecular formula is C6H9Br. The van der Waals surface area contributed by atoms with Crippen LogP contribution in [0.2, 0.25) is 0 Å². The Kier molecular flexibility index (Phi) is 1.53. The van der Waals surface area contributed by atoms with Gasteiger partial charge in [0.15, 0.2) is 0 Å². The molecule has 0 radical (unpaired) electrons. The van der Waals surface area contributed by atoms with Gasteiger partial charge in [0.2, 0.25) is 0 Å². The van der Waals surface area contributed by atoms with Crippen LogP contribution < -0.4 is 0 Å². The van der Waals surface area contributed by atoms with E-state index in [4.69, 9.17) is 0 Å². The Bertz CT molecular complexity index is 82.2. The maximum Gasteiger partial charge on any atom is 0.0241 e. The number of allylic oxidation sites excluding steroid dienone is 1. The molecular weight excluding hydrogens is 152 g/mol. The van der Waals surface area contributed by atoms with Crippen molar-refractivity contribution in [3.05, 3.63) is 12.2 Å². The lowest BCUT2D eigenvalue weighted by atomic mass is 10.2. The smallest absolute Gasteiger partial charge is 0.0241 e. The summed E-state index contributed by atoms with van der Waals surface area (Å²) in [4.78, 5) is 0. The molecule has 0 aromatic rings. The summed E-state index contributed by atoms with van der Waals surface area (Å²) in [5.74, 6) is 0.874. The lowest BCUT2D eigenvalue weighted by Gasteiger charge is -1.91. The Morgan fingerprint density at radius 1 is 1.71 bits per heavy atom. The molecule has 0 bridgehead atoms. The Morgan fingerprint density at radius 3 is 2.43 bits per heavy atom. The molecule has 1 fully saturated rings. The van der Waals surface area contributed by atoms with Gasteiger partial charge < -0.3 is 0 Å². The van der Waals surface area contributed by atoms with Crippen LogP contribution in [0.3, 0.4) is 0 Å². The number of hydrogen-bond donors (Lipinski definition) is 0. The summed E-state index contributed by atoms with van der Waals surface area (Å²) in [6, 6.07) is 0. The van der Waals surface area contributed by atoms with E-state index < -0.39 is 0 Å². The van der Waals surface area contributed by atoms with Crippen LogP contribution in [0.15, 0.2) is 12.2 Å². The van der Waals surface area contributed by atoms with Crippen LogP contribution in [0.5, 0.6) is 0 Å². The molecule has 40 valence electrons. The first-order valence-corrected chi connectivity index (χ1v) is 3.70. The third kappa shape index (κ3) is 1.30. The molecule has 1 aliphatic carbocycles. The van der Waals surface area contributed by atoms with Gasteiger partial charge in [-0.1, -0.05) is 28.1 Å². The highest BCUT2D eigenvalue weighted by molar-refractivity contribution is 9.09. The monoisotopic (exact) mass is 160 g/mol. The predicted octanol–water partition coefficient (Wildman–Crippen LogP) is 2.35. The Balaban J connectivity index is 2.24. The Hall–Kier alpha value is 0.220. The summed E-state index contributed by atoms with van der Waals surface area (Å²) in [6.45, 7) is 3.89. The average Bonchev–Trinajstić information content (AvgIpc) is 2.44. The molecule has 1 aliphatic rings. The molecule has 0 atom stereocenters. The number of alkyl halides is 1. The largest absolute Gasteiger partial charge is 0.0987 e. The number of halogens is 1. The van der Waals surface area contributed by atoms with Gasteiger partial charge in [-0.05, 0) is 18.8 Å². The lowest BCUT2D eigenvalue weighted by molar-refractivity contribution is 1.03. The predicted molar refractivity (Wildman–Crippen MR) is 35.7 cm³/mol. The van der Waals surface area contributed by atoms with Crippen molar-refractivity contribution in [3.63, 3.8) is 0 Å². The minimum absolute atomic E-state index is 0.874. The third-order valence-corrected chi connectivity index (χ3v) is 2.05. The van der Waals surface area contributed by atoms with Gasteiger partial charge in [0.05, 0.1) is 0 Å². The minimum atomic E-state index is 0.874. The van der Waals surface area contributed by atoms with Gasteiger partial charge in [-0.3, -0.25) is 0 Å². The van der Waals surface area contributed by atoms with Gasteiger partial charge in [-0.25, -0.2) is 0 Å². The molecule has 1 heteroatoms. The van der Waals surface area contributed by atoms with Gasteiger partial charge in [0.1, 0.15) is 0 Å². The van der Waals surface area contributed by atoms with E-state index in [1.165, 1.54) is 18.4 Å². The fourth-order valence-electron chi connectivity index (χ4n) is 0.601. The summed E-state index contributed by atoms with van der Waals surface area (Å²) in [5.41, 5.74) is 1.38. The molecule has 0 aromatic carbocycles. The normalized spacial score (nSPS) is 19.6. The third-order valence-electron chi connectivity index (χ3n) is 1.33. The number of rotatable bonds is 2. The summed E-state index contributed by atoms with van der Waals surface area (Å²) < 4.78 is 0. The van der Waals surface area contributed by atoms with Crippen LogP contribution in [-0.2, 0) is 0 Å². The molecule has 0 spiro atoms. The van der Waals surface area contributed by atoms with E-state index >= 15 is 0 Å². The van der Waals surface area contributed by atoms with Gasteiger partial charge in [-0.15, -0.1) is 0 Å². The summed E-state index contributed by atoms with van der Waals surface area (Å²) in [7, 11) is 0. The van der Waals surface area contributed by atoms with Gasteiger partial charge >= 0.3 is 0 Å². The first-order chi connectivity index (χ1) is 3.34. The quantitative estimate of drug-likeness (QED) is 0.430. The molecule has 1 saturated carbocycles. The zero-order chi connectivity index (χ0) is 5.28. The zero-order valence-corrected chi connectivity index (χ0v) is 5.87. The summed E-state index contributed by atoms with van der Waals surface area (Å²) in [6.07, 6.45) is 2.76. The molecule has 1 rings (SSSR count). The molecule has 0 nitrogen and oxygen atoms in total. The van der Waals surface area contributed by atoms with Crippen LogP contribution in [0.4, 0.5) is 0 Å². The second kappa shape index (κ2) is 1.99. The van der Waals surface area contributed by atoms with Crippen molar-refractivity contribution in [2.75, 3.05) is 5.33 Å². The molecule has 0 heterocycles. The van der Waals surface area contributed by atoms with Crippen molar-refractivity contribution >= 4 is 15.9 Å². The van der Waals surface area contributed by atoms with Crippen LogP contribution in [0.25, 0.3) is 0 Å². The lowest BCUT2D eigenvalue weighted by Crippen LogP contribution is -1.80. The summed E-state index contributed by atoms with van der Waals surface area (Å²) >= 11 is 3.36. The first-order valence-electron chi connectivity index (χ1n) is 2.58. The van der Waals surface area contributed by atoms with Crippen molar-refractivity contribution in [1.29, 1.82) is 0 Å². The summed E-state index contributed by atoms with van der Waals surface area (Å²) in [5, 5.41) is 0.998. The SMILES string of the molecule is C=C(CBr)C1CC1. The van der Waals surface area contributed by atoms with Crippen molar-refractivity contribution in [2.24, 2.45) is 5.92 Å². The van der Waals surface area contributed by atoms with Crippen molar-refractivity contribution in [1.82, 2.24) is 0 Å². The standard InChI is InChI=1S/C6H9Br/c1-5(4-7)6-2-3-6/h6H,1-4H2. The highest BCUT2D eigenvalue weighted by atomic mass is 79.9. The molecule has 0 aromatic heterocycles. The van der Waals surface area contributed by atoms with E-state index in [2.05, 4.69) is 22.5 Å². The topological polar surface area (TPSA) is 0 Å². The van der Waals surface area contributed by atoms with Gasteiger partial charge in [0.25, 0.3) is 0 Å². The van der Waals surface area contributed by atoms with E-state index in [-0.39, 0.29) is 0 Å². The van der Waals surface area contributed by atoms with Crippen molar-refractivity contribution < 1.29 is 0 Å². The van der Waals surface area contributed by atoms with E-state index in [0.717, 1.165) is 11.2 Å². The number of hydrogen-bond acceptors (Lipinski definition) is 0. The van der Waals surface area contributed by atoms with E-state index in [9.17, 15) is 0 Å². The van der Waals surface area contributed by atoms with Crippen LogP contribution in [-0.4, -0.2) is 5.33 Å². The molecule has 0 unspecified atom stereocenters. The average molecular weight is 161 g/mol. The van der Waals surface area contributed by atoms with Crippen molar-refractivity contribution in [2.45, 2.75) is 12.8 Å².